The number of nitrogens with one attached hydrogen (secondary N) is 2. The lowest BCUT2D eigenvalue weighted by Crippen LogP contribution is -2.34. The summed E-state index contributed by atoms with van der Waals surface area (Å²) in [7, 11) is 0. The summed E-state index contributed by atoms with van der Waals surface area (Å²) in [5, 5.41) is 7.29. The molecule has 6 heteroatoms. The molecule has 0 fully saturated rings. The molecule has 1 aromatic heterocycles. The van der Waals surface area contributed by atoms with E-state index in [1.165, 1.54) is 0 Å². The van der Waals surface area contributed by atoms with Crippen molar-refractivity contribution in [2.75, 3.05) is 13.1 Å². The highest BCUT2D eigenvalue weighted by Crippen LogP contribution is 2.25. The Kier molecular flexibility index (Phi) is 5.78. The number of amides is 2. The maximum absolute atomic E-state index is 12.9. The second-order valence-corrected chi connectivity index (χ2v) is 7.56. The molecule has 0 radical (unpaired) electrons. The second kappa shape index (κ2) is 8.25. The largest absolute Gasteiger partial charge is 0.444 e. The van der Waals surface area contributed by atoms with Gasteiger partial charge < -0.3 is 15.4 Å². The smallest absolute Gasteiger partial charge is 0.407 e. The van der Waals surface area contributed by atoms with E-state index in [0.29, 0.717) is 25.1 Å². The van der Waals surface area contributed by atoms with Crippen LogP contribution < -0.4 is 10.6 Å². The minimum atomic E-state index is -0.526. The molecule has 0 unspecified atom stereocenters. The van der Waals surface area contributed by atoms with Crippen molar-refractivity contribution < 1.29 is 14.3 Å². The first-order valence-electron chi connectivity index (χ1n) is 9.38. The number of carbonyl (C=O) groups is 2. The van der Waals surface area contributed by atoms with E-state index in [9.17, 15) is 9.59 Å². The summed E-state index contributed by atoms with van der Waals surface area (Å²) in [6.07, 6.45) is 0.149. The van der Waals surface area contributed by atoms with E-state index in [1.807, 2.05) is 69.3 Å². The molecule has 6 nitrogen and oxygen atoms in total. The van der Waals surface area contributed by atoms with Gasteiger partial charge in [-0.25, -0.2) is 9.78 Å². The number of hydrogen-bond acceptors (Lipinski definition) is 4. The predicted molar refractivity (Wildman–Crippen MR) is 110 cm³/mol. The first-order valence-corrected chi connectivity index (χ1v) is 9.38. The predicted octanol–water partition coefficient (Wildman–Crippen LogP) is 4.03. The lowest BCUT2D eigenvalue weighted by molar-refractivity contribution is 0.0527. The molecule has 0 saturated carbocycles. The van der Waals surface area contributed by atoms with Crippen LogP contribution in [0.2, 0.25) is 0 Å². The summed E-state index contributed by atoms with van der Waals surface area (Å²) in [6.45, 7) is 6.31. The zero-order valence-electron chi connectivity index (χ0n) is 16.4. The first-order chi connectivity index (χ1) is 13.3. The number of para-hydroxylation sites is 2. The fraction of sp³-hybridized carbons (Fsp3) is 0.318. The Labute approximate surface area is 164 Å². The Morgan fingerprint density at radius 3 is 2.00 bits per heavy atom. The average molecular weight is 379 g/mol. The number of aromatic nitrogens is 1. The minimum Gasteiger partial charge on any atom is -0.444 e. The van der Waals surface area contributed by atoms with Gasteiger partial charge >= 0.3 is 6.09 Å². The van der Waals surface area contributed by atoms with Crippen LogP contribution in [0, 0.1) is 0 Å². The Morgan fingerprint density at radius 2 is 1.43 bits per heavy atom. The molecule has 0 atom stereocenters. The molecule has 2 N–H and O–H groups in total. The molecule has 28 heavy (non-hydrogen) atoms. The molecule has 2 amide bonds. The molecule has 0 aliphatic heterocycles. The SMILES string of the molecule is CC(C)(C)OC(=O)NCCCNC(=O)c1c2ccccc2nc2ccccc12. The maximum Gasteiger partial charge on any atom is 0.407 e. The number of nitrogens with zero attached hydrogens (tertiary/aromatic N) is 1. The molecular weight excluding hydrogens is 354 g/mol. The van der Waals surface area contributed by atoms with Gasteiger partial charge in [0.1, 0.15) is 5.60 Å². The van der Waals surface area contributed by atoms with Crippen LogP contribution in [0.1, 0.15) is 37.6 Å². The summed E-state index contributed by atoms with van der Waals surface area (Å²) in [5.74, 6) is -0.146. The number of benzene rings is 2. The molecule has 0 aliphatic carbocycles. The van der Waals surface area contributed by atoms with Crippen molar-refractivity contribution in [2.45, 2.75) is 32.8 Å². The van der Waals surface area contributed by atoms with E-state index in [1.54, 1.807) is 0 Å². The first kappa shape index (κ1) is 19.6. The fourth-order valence-corrected chi connectivity index (χ4v) is 2.97. The molecule has 0 aliphatic rings. The van der Waals surface area contributed by atoms with Crippen LogP contribution in [0.4, 0.5) is 4.79 Å². The summed E-state index contributed by atoms with van der Waals surface area (Å²) in [5.41, 5.74) is 1.68. The van der Waals surface area contributed by atoms with Crippen molar-refractivity contribution in [1.82, 2.24) is 15.6 Å². The van der Waals surface area contributed by atoms with Gasteiger partial charge in [-0.15, -0.1) is 0 Å². The van der Waals surface area contributed by atoms with Gasteiger partial charge in [0.05, 0.1) is 16.6 Å². The number of ether oxygens (including phenoxy) is 1. The van der Waals surface area contributed by atoms with Gasteiger partial charge in [0.15, 0.2) is 0 Å². The quantitative estimate of drug-likeness (QED) is 0.518. The number of rotatable bonds is 5. The van der Waals surface area contributed by atoms with Crippen molar-refractivity contribution in [3.05, 3.63) is 54.1 Å². The topological polar surface area (TPSA) is 80.3 Å². The molecule has 2 aromatic carbocycles. The lowest BCUT2D eigenvalue weighted by atomic mass is 10.0. The zero-order chi connectivity index (χ0) is 20.1. The van der Waals surface area contributed by atoms with E-state index < -0.39 is 11.7 Å². The van der Waals surface area contributed by atoms with E-state index in [0.717, 1.165) is 21.8 Å². The molecule has 3 rings (SSSR count). The average Bonchev–Trinajstić information content (AvgIpc) is 2.64. The van der Waals surface area contributed by atoms with E-state index in [4.69, 9.17) is 4.74 Å². The van der Waals surface area contributed by atoms with Crippen molar-refractivity contribution >= 4 is 33.8 Å². The van der Waals surface area contributed by atoms with E-state index >= 15 is 0 Å². The third-order valence-electron chi connectivity index (χ3n) is 4.12. The van der Waals surface area contributed by atoms with Crippen LogP contribution in [0.3, 0.4) is 0 Å². The van der Waals surface area contributed by atoms with Crippen molar-refractivity contribution in [3.8, 4) is 0 Å². The molecule has 0 saturated heterocycles. The van der Waals surface area contributed by atoms with Crippen molar-refractivity contribution in [2.24, 2.45) is 0 Å². The third kappa shape index (κ3) is 4.76. The number of carbonyl (C=O) groups excluding carboxylic acids is 2. The lowest BCUT2D eigenvalue weighted by Gasteiger charge is -2.19. The number of hydrogen-bond donors (Lipinski definition) is 2. The van der Waals surface area contributed by atoms with Crippen molar-refractivity contribution in [3.63, 3.8) is 0 Å². The summed E-state index contributed by atoms with van der Waals surface area (Å²) < 4.78 is 5.19. The van der Waals surface area contributed by atoms with Gasteiger partial charge in [-0.1, -0.05) is 36.4 Å². The summed E-state index contributed by atoms with van der Waals surface area (Å²) >= 11 is 0. The Hall–Kier alpha value is -3.15. The number of alkyl carbamates (subject to hydrolysis) is 1. The summed E-state index contributed by atoms with van der Waals surface area (Å²) in [4.78, 5) is 29.2. The van der Waals surface area contributed by atoms with E-state index in [-0.39, 0.29) is 5.91 Å². The highest BCUT2D eigenvalue weighted by molar-refractivity contribution is 6.16. The van der Waals surface area contributed by atoms with E-state index in [2.05, 4.69) is 15.6 Å². The highest BCUT2D eigenvalue weighted by atomic mass is 16.6. The molecule has 0 spiro atoms. The van der Waals surface area contributed by atoms with Gasteiger partial charge in [-0.2, -0.15) is 0 Å². The maximum atomic E-state index is 12.9. The molecule has 0 bridgehead atoms. The third-order valence-corrected chi connectivity index (χ3v) is 4.12. The minimum absolute atomic E-state index is 0.146. The van der Waals surface area contributed by atoms with Crippen LogP contribution in [0.5, 0.6) is 0 Å². The molecule has 3 aromatic rings. The number of fused-ring (bicyclic) bond motifs is 2. The van der Waals surface area contributed by atoms with Gasteiger partial charge in [0.25, 0.3) is 5.91 Å². The molecule has 1 heterocycles. The van der Waals surface area contributed by atoms with Gasteiger partial charge in [0.2, 0.25) is 0 Å². The Bertz CT molecular complexity index is 955. The fourth-order valence-electron chi connectivity index (χ4n) is 2.97. The zero-order valence-corrected chi connectivity index (χ0v) is 16.4. The molecular formula is C22H25N3O3. The Balaban J connectivity index is 1.66. The number of pyridine rings is 1. The standard InChI is InChI=1S/C22H25N3O3/c1-22(2,3)28-21(27)24-14-8-13-23-20(26)19-15-9-4-6-11-17(15)25-18-12-7-5-10-16(18)19/h4-7,9-12H,8,13-14H2,1-3H3,(H,23,26)(H,24,27). The summed E-state index contributed by atoms with van der Waals surface area (Å²) in [6, 6.07) is 15.3. The Morgan fingerprint density at radius 1 is 0.893 bits per heavy atom. The van der Waals surface area contributed by atoms with Crippen LogP contribution in [0.25, 0.3) is 21.8 Å². The normalized spacial score (nSPS) is 11.4. The van der Waals surface area contributed by atoms with Crippen molar-refractivity contribution in [1.29, 1.82) is 0 Å². The monoisotopic (exact) mass is 379 g/mol. The van der Waals surface area contributed by atoms with Crippen LogP contribution >= 0.6 is 0 Å². The van der Waals surface area contributed by atoms with Gasteiger partial charge in [-0.3, -0.25) is 4.79 Å². The van der Waals surface area contributed by atoms with Crippen LogP contribution in [-0.2, 0) is 4.74 Å². The van der Waals surface area contributed by atoms with Crippen LogP contribution in [-0.4, -0.2) is 35.7 Å². The molecule has 146 valence electrons. The van der Waals surface area contributed by atoms with Gasteiger partial charge in [0, 0.05) is 23.9 Å². The van der Waals surface area contributed by atoms with Gasteiger partial charge in [-0.05, 0) is 39.3 Å². The van der Waals surface area contributed by atoms with Crippen LogP contribution in [0.15, 0.2) is 48.5 Å². The highest BCUT2D eigenvalue weighted by Gasteiger charge is 2.16. The second-order valence-electron chi connectivity index (χ2n) is 7.56.